The zero-order chi connectivity index (χ0) is 22.3. The number of nitrogens with zero attached hydrogens (tertiary/aromatic N) is 4. The molecule has 0 radical (unpaired) electrons. The van der Waals surface area contributed by atoms with Crippen molar-refractivity contribution in [1.82, 2.24) is 14.5 Å². The number of hydrogen-bond acceptors (Lipinski definition) is 4. The van der Waals surface area contributed by atoms with E-state index in [1.165, 1.54) is 12.5 Å². The lowest BCUT2D eigenvalue weighted by atomic mass is 9.98. The molecule has 5 nitrogen and oxygen atoms in total. The van der Waals surface area contributed by atoms with Crippen LogP contribution in [0.2, 0.25) is 0 Å². The summed E-state index contributed by atoms with van der Waals surface area (Å²) in [5.74, 6) is 3.54. The minimum atomic E-state index is -0.977. The molecule has 3 heterocycles. The molecule has 32 heavy (non-hydrogen) atoms. The van der Waals surface area contributed by atoms with Gasteiger partial charge in [-0.3, -0.25) is 9.56 Å². The topological polar surface area (TPSA) is 56.2 Å². The number of fused-ring (bicyclic) bond motifs is 3. The second-order valence-electron chi connectivity index (χ2n) is 8.22. The predicted molar refractivity (Wildman–Crippen MR) is 127 cm³/mol. The van der Waals surface area contributed by atoms with Crippen molar-refractivity contribution in [2.75, 3.05) is 18.8 Å². The first-order valence-electron chi connectivity index (χ1n) is 10.0. The number of aromatic nitrogens is 3. The Morgan fingerprint density at radius 2 is 1.94 bits per heavy atom. The van der Waals surface area contributed by atoms with Crippen molar-refractivity contribution in [1.29, 1.82) is 0 Å². The lowest BCUT2D eigenvalue weighted by Gasteiger charge is -2.15. The summed E-state index contributed by atoms with van der Waals surface area (Å²) in [5.41, 5.74) is 5.13. The molecule has 0 saturated carbocycles. The molecule has 5 rings (SSSR count). The van der Waals surface area contributed by atoms with E-state index in [0.29, 0.717) is 29.3 Å². The number of halogens is 1. The van der Waals surface area contributed by atoms with Crippen LogP contribution >= 0.6 is 10.0 Å². The van der Waals surface area contributed by atoms with Crippen molar-refractivity contribution in [3.8, 4) is 28.3 Å². The fraction of sp³-hybridized carbons (Fsp3) is 0.160. The molecule has 4 aromatic rings. The van der Waals surface area contributed by atoms with Gasteiger partial charge in [0.25, 0.3) is 0 Å². The maximum Gasteiger partial charge on any atom is 0.181 e. The van der Waals surface area contributed by atoms with Gasteiger partial charge >= 0.3 is 0 Å². The minimum absolute atomic E-state index is 0.312. The molecule has 1 aliphatic heterocycles. The SMILES string of the molecule is CS(C)(C)C#Cc1ccc2c(c1)C(c1ccccc1F)=NCc1c(-c3cnco3)ncn1-2. The van der Waals surface area contributed by atoms with Gasteiger partial charge in [0.1, 0.15) is 17.8 Å². The number of oxazole rings is 1. The predicted octanol–water partition coefficient (Wildman–Crippen LogP) is 5.02. The molecular formula is C25H21FN4OS. The van der Waals surface area contributed by atoms with Crippen molar-refractivity contribution in [3.63, 3.8) is 0 Å². The van der Waals surface area contributed by atoms with Gasteiger partial charge in [-0.1, -0.05) is 18.1 Å². The van der Waals surface area contributed by atoms with Crippen LogP contribution in [0.4, 0.5) is 4.39 Å². The van der Waals surface area contributed by atoms with E-state index in [4.69, 9.17) is 9.41 Å². The van der Waals surface area contributed by atoms with Crippen LogP contribution in [0.3, 0.4) is 0 Å². The van der Waals surface area contributed by atoms with Gasteiger partial charge < -0.3 is 4.42 Å². The van der Waals surface area contributed by atoms with Crippen molar-refractivity contribution >= 4 is 15.7 Å². The third-order valence-electron chi connectivity index (χ3n) is 5.06. The molecule has 160 valence electrons. The average Bonchev–Trinajstić information content (AvgIpc) is 3.40. The Morgan fingerprint density at radius 3 is 2.69 bits per heavy atom. The minimum Gasteiger partial charge on any atom is -0.442 e. The maximum atomic E-state index is 14.8. The van der Waals surface area contributed by atoms with Gasteiger partial charge in [-0.05, 0) is 54.4 Å². The summed E-state index contributed by atoms with van der Waals surface area (Å²) in [6, 6.07) is 12.7. The molecule has 0 N–H and O–H groups in total. The Morgan fingerprint density at radius 1 is 1.09 bits per heavy atom. The molecule has 0 unspecified atom stereocenters. The van der Waals surface area contributed by atoms with E-state index in [-0.39, 0.29) is 5.82 Å². The summed E-state index contributed by atoms with van der Waals surface area (Å²) >= 11 is 0. The number of hydrogen-bond donors (Lipinski definition) is 0. The fourth-order valence-electron chi connectivity index (χ4n) is 3.62. The molecule has 7 heteroatoms. The summed E-state index contributed by atoms with van der Waals surface area (Å²) in [6.07, 6.45) is 11.2. The van der Waals surface area contributed by atoms with Crippen LogP contribution in [-0.4, -0.2) is 39.0 Å². The molecular weight excluding hydrogens is 423 g/mol. The Bertz CT molecular complexity index is 1400. The highest BCUT2D eigenvalue weighted by molar-refractivity contribution is 8.35. The van der Waals surface area contributed by atoms with Gasteiger partial charge in [0.15, 0.2) is 12.2 Å². The Balaban J connectivity index is 1.73. The molecule has 1 aliphatic rings. The van der Waals surface area contributed by atoms with E-state index in [0.717, 1.165) is 22.5 Å². The van der Waals surface area contributed by atoms with E-state index >= 15 is 0 Å². The van der Waals surface area contributed by atoms with Crippen molar-refractivity contribution in [2.24, 2.45) is 4.99 Å². The third-order valence-corrected chi connectivity index (χ3v) is 5.78. The van der Waals surface area contributed by atoms with Gasteiger partial charge in [0, 0.05) is 16.7 Å². The Kier molecular flexibility index (Phi) is 4.95. The smallest absolute Gasteiger partial charge is 0.181 e. The highest BCUT2D eigenvalue weighted by Gasteiger charge is 2.24. The van der Waals surface area contributed by atoms with Crippen molar-refractivity contribution in [3.05, 3.63) is 89.6 Å². The third kappa shape index (κ3) is 3.74. The largest absolute Gasteiger partial charge is 0.442 e. The van der Waals surface area contributed by atoms with Gasteiger partial charge in [0.05, 0.1) is 29.8 Å². The quantitative estimate of drug-likeness (QED) is 0.408. The molecule has 0 amide bonds. The Hall–Kier alpha value is -3.63. The van der Waals surface area contributed by atoms with E-state index in [1.54, 1.807) is 24.7 Å². The van der Waals surface area contributed by atoms with Crippen LogP contribution in [0.1, 0.15) is 22.4 Å². The molecule has 2 aromatic carbocycles. The lowest BCUT2D eigenvalue weighted by Crippen LogP contribution is -2.09. The number of rotatable bonds is 2. The van der Waals surface area contributed by atoms with Crippen LogP contribution in [0.25, 0.3) is 17.1 Å². The summed E-state index contributed by atoms with van der Waals surface area (Å²) in [7, 11) is -0.977. The van der Waals surface area contributed by atoms with Gasteiger partial charge in [-0.15, -0.1) is 0 Å². The zero-order valence-corrected chi connectivity index (χ0v) is 18.8. The molecule has 0 saturated heterocycles. The van der Waals surface area contributed by atoms with Gasteiger partial charge in [0.2, 0.25) is 0 Å². The molecule has 0 aliphatic carbocycles. The van der Waals surface area contributed by atoms with Crippen LogP contribution in [0.15, 0.2) is 70.8 Å². The Labute approximate surface area is 187 Å². The van der Waals surface area contributed by atoms with E-state index in [1.807, 2.05) is 28.8 Å². The summed E-state index contributed by atoms with van der Waals surface area (Å²) in [5, 5.41) is 3.35. The van der Waals surface area contributed by atoms with E-state index < -0.39 is 10.0 Å². The molecule has 0 spiro atoms. The van der Waals surface area contributed by atoms with E-state index in [2.05, 4.69) is 39.9 Å². The number of imidazole rings is 1. The second kappa shape index (κ2) is 7.81. The van der Waals surface area contributed by atoms with E-state index in [9.17, 15) is 4.39 Å². The monoisotopic (exact) mass is 444 g/mol. The average molecular weight is 445 g/mol. The first kappa shape index (κ1) is 20.3. The van der Waals surface area contributed by atoms with Crippen LogP contribution in [-0.2, 0) is 6.54 Å². The van der Waals surface area contributed by atoms with Crippen LogP contribution in [0, 0.1) is 17.0 Å². The highest BCUT2D eigenvalue weighted by Crippen LogP contribution is 2.34. The first-order chi connectivity index (χ1) is 15.4. The molecule has 0 bridgehead atoms. The summed E-state index contributed by atoms with van der Waals surface area (Å²) in [6.45, 7) is 0.321. The second-order valence-corrected chi connectivity index (χ2v) is 12.1. The molecule has 0 fully saturated rings. The molecule has 0 atom stereocenters. The van der Waals surface area contributed by atoms with Crippen molar-refractivity contribution in [2.45, 2.75) is 6.54 Å². The normalized spacial score (nSPS) is 13.3. The first-order valence-corrected chi connectivity index (χ1v) is 12.9. The van der Waals surface area contributed by atoms with Crippen molar-refractivity contribution < 1.29 is 8.81 Å². The molecule has 2 aromatic heterocycles. The zero-order valence-electron chi connectivity index (χ0n) is 18.0. The standard InChI is InChI=1S/C25H21FN4OS/c1-32(2,3)11-10-17-8-9-21-19(12-17)24(18-6-4-5-7-20(18)26)28-13-22-25(29-15-30(21)22)23-14-27-16-31-23/h4-9,12,14-16H,13H2,1-3H3. The maximum absolute atomic E-state index is 14.8. The summed E-state index contributed by atoms with van der Waals surface area (Å²) < 4.78 is 22.3. The van der Waals surface area contributed by atoms with Crippen LogP contribution < -0.4 is 0 Å². The van der Waals surface area contributed by atoms with Gasteiger partial charge in [-0.25, -0.2) is 14.4 Å². The highest BCUT2D eigenvalue weighted by atomic mass is 32.3. The lowest BCUT2D eigenvalue weighted by molar-refractivity contribution is 0.569. The summed E-state index contributed by atoms with van der Waals surface area (Å²) in [4.78, 5) is 13.4. The van der Waals surface area contributed by atoms with Gasteiger partial charge in [-0.2, -0.15) is 10.0 Å². The number of benzene rings is 2. The van der Waals surface area contributed by atoms with Crippen LogP contribution in [0.5, 0.6) is 0 Å². The fourth-order valence-corrected chi connectivity index (χ4v) is 4.04. The number of aliphatic imine (C=N–C) groups is 1.